The molecule has 8 nitrogen and oxygen atoms in total. The fraction of sp³-hybridized carbons (Fsp3) is 0.381. The SMILES string of the molecule is CNC(=O)c1ccc(S(=O)(=O)Nc2ccc(C)c(S(=O)(=O)N3CCCCCC3)c2)cc1. The van der Waals surface area contributed by atoms with E-state index in [0.717, 1.165) is 25.7 Å². The van der Waals surface area contributed by atoms with Crippen molar-refractivity contribution in [3.05, 3.63) is 53.6 Å². The first-order valence-corrected chi connectivity index (χ1v) is 13.0. The van der Waals surface area contributed by atoms with Crippen LogP contribution in [0.1, 0.15) is 41.6 Å². The van der Waals surface area contributed by atoms with E-state index in [1.165, 1.54) is 47.8 Å². The van der Waals surface area contributed by atoms with Gasteiger partial charge < -0.3 is 5.32 Å². The molecule has 1 saturated heterocycles. The second-order valence-corrected chi connectivity index (χ2v) is 11.1. The lowest BCUT2D eigenvalue weighted by atomic mass is 10.2. The van der Waals surface area contributed by atoms with Gasteiger partial charge in [0.15, 0.2) is 0 Å². The van der Waals surface area contributed by atoms with Crippen LogP contribution in [0.3, 0.4) is 0 Å². The summed E-state index contributed by atoms with van der Waals surface area (Å²) in [5.74, 6) is -0.321. The van der Waals surface area contributed by atoms with Crippen molar-refractivity contribution in [3.63, 3.8) is 0 Å². The number of carbonyl (C=O) groups excluding carboxylic acids is 1. The molecule has 0 radical (unpaired) electrons. The van der Waals surface area contributed by atoms with E-state index < -0.39 is 20.0 Å². The van der Waals surface area contributed by atoms with Crippen LogP contribution in [0.5, 0.6) is 0 Å². The van der Waals surface area contributed by atoms with Gasteiger partial charge in [0.1, 0.15) is 0 Å². The molecule has 31 heavy (non-hydrogen) atoms. The number of nitrogens with zero attached hydrogens (tertiary/aromatic N) is 1. The van der Waals surface area contributed by atoms with E-state index in [1.54, 1.807) is 13.0 Å². The van der Waals surface area contributed by atoms with Crippen LogP contribution in [-0.2, 0) is 20.0 Å². The van der Waals surface area contributed by atoms with Crippen molar-refractivity contribution in [1.29, 1.82) is 0 Å². The predicted molar refractivity (Wildman–Crippen MR) is 119 cm³/mol. The number of amides is 1. The summed E-state index contributed by atoms with van der Waals surface area (Å²) in [5.41, 5.74) is 1.05. The summed E-state index contributed by atoms with van der Waals surface area (Å²) < 4.78 is 55.9. The Labute approximate surface area is 183 Å². The first kappa shape index (κ1) is 23.2. The zero-order valence-electron chi connectivity index (χ0n) is 17.6. The Morgan fingerprint density at radius 2 is 1.52 bits per heavy atom. The Hall–Kier alpha value is -2.43. The molecule has 0 saturated carbocycles. The minimum absolute atomic E-state index is 0.0300. The predicted octanol–water partition coefficient (Wildman–Crippen LogP) is 2.72. The van der Waals surface area contributed by atoms with Crippen LogP contribution < -0.4 is 10.0 Å². The van der Waals surface area contributed by atoms with E-state index in [2.05, 4.69) is 10.0 Å². The molecule has 1 amide bonds. The summed E-state index contributed by atoms with van der Waals surface area (Å²) in [6.45, 7) is 2.63. The maximum absolute atomic E-state index is 13.2. The Bertz CT molecular complexity index is 1150. The highest BCUT2D eigenvalue weighted by Crippen LogP contribution is 2.27. The van der Waals surface area contributed by atoms with Crippen LogP contribution in [-0.4, -0.2) is 47.2 Å². The standard InChI is InChI=1S/C21H27N3O5S2/c1-16-7-10-18(15-20(16)31(28,29)24-13-5-3-4-6-14-24)23-30(26,27)19-11-8-17(9-12-19)21(25)22-2/h7-12,15,23H,3-6,13-14H2,1-2H3,(H,22,25). The van der Waals surface area contributed by atoms with Crippen LogP contribution in [0.2, 0.25) is 0 Å². The van der Waals surface area contributed by atoms with Crippen LogP contribution in [0, 0.1) is 6.92 Å². The second kappa shape index (κ2) is 9.37. The van der Waals surface area contributed by atoms with Crippen molar-refractivity contribution in [2.45, 2.75) is 42.4 Å². The van der Waals surface area contributed by atoms with Gasteiger partial charge in [-0.15, -0.1) is 0 Å². The van der Waals surface area contributed by atoms with Gasteiger partial charge >= 0.3 is 0 Å². The molecule has 168 valence electrons. The third-order valence-corrected chi connectivity index (χ3v) is 8.71. The van der Waals surface area contributed by atoms with Crippen LogP contribution in [0.25, 0.3) is 0 Å². The minimum atomic E-state index is -3.96. The van der Waals surface area contributed by atoms with E-state index >= 15 is 0 Å². The van der Waals surface area contributed by atoms with Gasteiger partial charge in [0.25, 0.3) is 15.9 Å². The Morgan fingerprint density at radius 1 is 0.903 bits per heavy atom. The molecule has 0 unspecified atom stereocenters. The Morgan fingerprint density at radius 3 is 2.10 bits per heavy atom. The zero-order chi connectivity index (χ0) is 22.6. The number of rotatable bonds is 6. The molecule has 1 aliphatic rings. The zero-order valence-corrected chi connectivity index (χ0v) is 19.2. The summed E-state index contributed by atoms with van der Waals surface area (Å²) in [6, 6.07) is 9.98. The largest absolute Gasteiger partial charge is 0.355 e. The van der Waals surface area contributed by atoms with Crippen molar-refractivity contribution in [2.24, 2.45) is 0 Å². The van der Waals surface area contributed by atoms with Crippen molar-refractivity contribution >= 4 is 31.6 Å². The maximum atomic E-state index is 13.2. The van der Waals surface area contributed by atoms with Gasteiger partial charge in [-0.25, -0.2) is 16.8 Å². The van der Waals surface area contributed by atoms with E-state index in [0.29, 0.717) is 24.2 Å². The van der Waals surface area contributed by atoms with Gasteiger partial charge in [-0.2, -0.15) is 4.31 Å². The van der Waals surface area contributed by atoms with Gasteiger partial charge in [-0.05, 0) is 61.7 Å². The number of nitrogens with one attached hydrogen (secondary N) is 2. The van der Waals surface area contributed by atoms with E-state index in [1.807, 2.05) is 0 Å². The third kappa shape index (κ3) is 5.25. The molecular formula is C21H27N3O5S2. The summed E-state index contributed by atoms with van der Waals surface area (Å²) in [6.07, 6.45) is 3.64. The number of aryl methyl sites for hydroxylation is 1. The number of anilines is 1. The molecule has 2 aromatic carbocycles. The highest BCUT2D eigenvalue weighted by atomic mass is 32.2. The number of carbonyl (C=O) groups is 1. The van der Waals surface area contributed by atoms with Gasteiger partial charge in [-0.3, -0.25) is 9.52 Å². The molecule has 1 aliphatic heterocycles. The van der Waals surface area contributed by atoms with Crippen molar-refractivity contribution in [2.75, 3.05) is 24.9 Å². The molecule has 0 aliphatic carbocycles. The molecule has 2 aromatic rings. The Balaban J connectivity index is 1.88. The first-order chi connectivity index (χ1) is 14.6. The van der Waals surface area contributed by atoms with E-state index in [-0.39, 0.29) is 21.4 Å². The Kier molecular flexibility index (Phi) is 7.03. The minimum Gasteiger partial charge on any atom is -0.355 e. The maximum Gasteiger partial charge on any atom is 0.261 e. The van der Waals surface area contributed by atoms with E-state index in [9.17, 15) is 21.6 Å². The molecule has 0 spiro atoms. The quantitative estimate of drug-likeness (QED) is 0.681. The van der Waals surface area contributed by atoms with E-state index in [4.69, 9.17) is 0 Å². The number of benzene rings is 2. The molecule has 10 heteroatoms. The van der Waals surface area contributed by atoms with Crippen molar-refractivity contribution in [3.8, 4) is 0 Å². The molecule has 0 bridgehead atoms. The lowest BCUT2D eigenvalue weighted by Crippen LogP contribution is -2.32. The second-order valence-electron chi connectivity index (χ2n) is 7.51. The van der Waals surface area contributed by atoms with Crippen LogP contribution in [0.4, 0.5) is 5.69 Å². The first-order valence-electron chi connectivity index (χ1n) is 10.1. The summed E-state index contributed by atoms with van der Waals surface area (Å²) in [4.78, 5) is 11.7. The average Bonchev–Trinajstić information content (AvgIpc) is 3.04. The molecule has 1 heterocycles. The van der Waals surface area contributed by atoms with Gasteiger partial charge in [0, 0.05) is 25.7 Å². The number of sulfonamides is 2. The smallest absolute Gasteiger partial charge is 0.261 e. The van der Waals surface area contributed by atoms with Gasteiger partial charge in [0.2, 0.25) is 10.0 Å². The van der Waals surface area contributed by atoms with Gasteiger partial charge in [0.05, 0.1) is 15.5 Å². The van der Waals surface area contributed by atoms with Gasteiger partial charge in [-0.1, -0.05) is 18.9 Å². The number of hydrogen-bond donors (Lipinski definition) is 2. The molecule has 0 atom stereocenters. The third-order valence-electron chi connectivity index (χ3n) is 5.28. The molecule has 2 N–H and O–H groups in total. The monoisotopic (exact) mass is 465 g/mol. The molecule has 3 rings (SSSR count). The fourth-order valence-electron chi connectivity index (χ4n) is 3.51. The fourth-order valence-corrected chi connectivity index (χ4v) is 6.32. The summed E-state index contributed by atoms with van der Waals surface area (Å²) in [5, 5.41) is 2.47. The summed E-state index contributed by atoms with van der Waals surface area (Å²) in [7, 11) is -6.19. The lowest BCUT2D eigenvalue weighted by molar-refractivity contribution is 0.0963. The van der Waals surface area contributed by atoms with Crippen molar-refractivity contribution < 1.29 is 21.6 Å². The highest BCUT2D eigenvalue weighted by molar-refractivity contribution is 7.92. The molecule has 0 aromatic heterocycles. The van der Waals surface area contributed by atoms with Crippen LogP contribution in [0.15, 0.2) is 52.3 Å². The van der Waals surface area contributed by atoms with Crippen LogP contribution >= 0.6 is 0 Å². The number of hydrogen-bond acceptors (Lipinski definition) is 5. The topological polar surface area (TPSA) is 113 Å². The van der Waals surface area contributed by atoms with Crippen molar-refractivity contribution in [1.82, 2.24) is 9.62 Å². The lowest BCUT2D eigenvalue weighted by Gasteiger charge is -2.21. The molecule has 1 fully saturated rings. The molecular weight excluding hydrogens is 438 g/mol. The average molecular weight is 466 g/mol. The summed E-state index contributed by atoms with van der Waals surface area (Å²) >= 11 is 0. The highest BCUT2D eigenvalue weighted by Gasteiger charge is 2.27. The normalized spacial score (nSPS) is 15.8.